The number of benzene rings is 7. The summed E-state index contributed by atoms with van der Waals surface area (Å²) < 4.78 is 0. The molecule has 9 aromatic rings. The Hall–Kier alpha value is -7.23. The summed E-state index contributed by atoms with van der Waals surface area (Å²) in [6, 6.07) is 71.4. The predicted octanol–water partition coefficient (Wildman–Crippen LogP) is 12.6. The Morgan fingerprint density at radius 3 is 1.29 bits per heavy atom. The second-order valence-corrected chi connectivity index (χ2v) is 14.0. The highest BCUT2D eigenvalue weighted by atomic mass is 14.9. The third kappa shape index (κ3) is 5.65. The summed E-state index contributed by atoms with van der Waals surface area (Å²) in [7, 11) is 0. The number of hydrogen-bond acceptors (Lipinski definition) is 3. The highest BCUT2D eigenvalue weighted by Gasteiger charge is 2.46. The molecule has 2 heterocycles. The molecule has 0 unspecified atom stereocenters. The van der Waals surface area contributed by atoms with Crippen molar-refractivity contribution in [3.63, 3.8) is 0 Å². The molecular formula is C52H35N3. The van der Waals surface area contributed by atoms with Crippen molar-refractivity contribution in [2.45, 2.75) is 5.41 Å². The van der Waals surface area contributed by atoms with E-state index in [2.05, 4.69) is 163 Å². The molecule has 0 aliphatic heterocycles. The molecule has 0 saturated carbocycles. The van der Waals surface area contributed by atoms with Gasteiger partial charge in [0, 0.05) is 29.1 Å². The molecule has 1 aliphatic rings. The summed E-state index contributed by atoms with van der Waals surface area (Å²) in [4.78, 5) is 14.5. The summed E-state index contributed by atoms with van der Waals surface area (Å²) in [6.45, 7) is 0. The third-order valence-electron chi connectivity index (χ3n) is 10.9. The summed E-state index contributed by atoms with van der Waals surface area (Å²) >= 11 is 0. The highest BCUT2D eigenvalue weighted by molar-refractivity contribution is 5.90. The number of aromatic nitrogens is 3. The van der Waals surface area contributed by atoms with Gasteiger partial charge in [-0.05, 0) is 79.9 Å². The zero-order valence-electron chi connectivity index (χ0n) is 30.0. The van der Waals surface area contributed by atoms with Gasteiger partial charge in [0.25, 0.3) is 0 Å². The fourth-order valence-electron chi connectivity index (χ4n) is 8.28. The molecule has 0 spiro atoms. The summed E-state index contributed by atoms with van der Waals surface area (Å²) in [5.41, 5.74) is 16.5. The number of hydrogen-bond donors (Lipinski definition) is 0. The van der Waals surface area contributed by atoms with E-state index in [0.29, 0.717) is 5.82 Å². The largest absolute Gasteiger partial charge is 0.264 e. The molecule has 10 rings (SSSR count). The molecule has 3 heteroatoms. The minimum absolute atomic E-state index is 0.524. The lowest BCUT2D eigenvalue weighted by atomic mass is 9.67. The van der Waals surface area contributed by atoms with E-state index < -0.39 is 5.41 Å². The van der Waals surface area contributed by atoms with Gasteiger partial charge in [-0.15, -0.1) is 0 Å². The lowest BCUT2D eigenvalue weighted by Crippen LogP contribution is -2.28. The summed E-state index contributed by atoms with van der Waals surface area (Å²) in [5.74, 6) is 0.712. The first-order valence-corrected chi connectivity index (χ1v) is 18.7. The maximum Gasteiger partial charge on any atom is 0.160 e. The first kappa shape index (κ1) is 32.4. The first-order chi connectivity index (χ1) is 27.3. The van der Waals surface area contributed by atoms with Crippen molar-refractivity contribution < 1.29 is 0 Å². The van der Waals surface area contributed by atoms with E-state index in [4.69, 9.17) is 9.97 Å². The van der Waals surface area contributed by atoms with Crippen LogP contribution in [0, 0.1) is 0 Å². The standard InChI is InChI=1S/C52H35N3/c1-5-14-37(15-6-1)49-34-50(55-51(54-49)39-16-7-2-8-17-39)38-25-23-36(24-26-38)40-27-29-45-46-30-28-41(42-18-13-31-53-35-42)33-48(46)52(47(45)32-40,43-19-9-3-10-20-43)44-21-11-4-12-22-44/h1-35H. The zero-order chi connectivity index (χ0) is 36.6. The van der Waals surface area contributed by atoms with E-state index in [0.717, 1.165) is 44.8 Å². The van der Waals surface area contributed by atoms with E-state index in [1.165, 1.54) is 38.9 Å². The smallest absolute Gasteiger partial charge is 0.160 e. The topological polar surface area (TPSA) is 38.7 Å². The molecule has 258 valence electrons. The zero-order valence-corrected chi connectivity index (χ0v) is 30.0. The second kappa shape index (κ2) is 13.6. The molecule has 0 bridgehead atoms. The van der Waals surface area contributed by atoms with Gasteiger partial charge in [0.1, 0.15) is 0 Å². The lowest BCUT2D eigenvalue weighted by Gasteiger charge is -2.34. The Labute approximate surface area is 321 Å². The number of rotatable bonds is 7. The van der Waals surface area contributed by atoms with E-state index in [1.807, 2.05) is 54.9 Å². The van der Waals surface area contributed by atoms with Gasteiger partial charge in [0.2, 0.25) is 0 Å². The van der Waals surface area contributed by atoms with Crippen molar-refractivity contribution >= 4 is 0 Å². The lowest BCUT2D eigenvalue weighted by molar-refractivity contribution is 0.769. The second-order valence-electron chi connectivity index (χ2n) is 14.0. The van der Waals surface area contributed by atoms with Crippen LogP contribution in [0.5, 0.6) is 0 Å². The average molecular weight is 702 g/mol. The fourth-order valence-corrected chi connectivity index (χ4v) is 8.28. The van der Waals surface area contributed by atoms with E-state index in [9.17, 15) is 0 Å². The predicted molar refractivity (Wildman–Crippen MR) is 224 cm³/mol. The van der Waals surface area contributed by atoms with Crippen LogP contribution in [0.25, 0.3) is 67.3 Å². The molecule has 2 aromatic heterocycles. The Morgan fingerprint density at radius 2 is 0.764 bits per heavy atom. The van der Waals surface area contributed by atoms with E-state index >= 15 is 0 Å². The van der Waals surface area contributed by atoms with Gasteiger partial charge in [-0.1, -0.05) is 176 Å². The van der Waals surface area contributed by atoms with Gasteiger partial charge in [0.05, 0.1) is 16.8 Å². The molecule has 0 fully saturated rings. The third-order valence-corrected chi connectivity index (χ3v) is 10.9. The van der Waals surface area contributed by atoms with E-state index in [1.54, 1.807) is 0 Å². The molecule has 0 radical (unpaired) electrons. The molecule has 7 aromatic carbocycles. The van der Waals surface area contributed by atoms with Crippen LogP contribution in [0.2, 0.25) is 0 Å². The van der Waals surface area contributed by atoms with Crippen molar-refractivity contribution in [3.05, 3.63) is 235 Å². The van der Waals surface area contributed by atoms with Crippen LogP contribution in [0.15, 0.2) is 213 Å². The summed E-state index contributed by atoms with van der Waals surface area (Å²) in [5, 5.41) is 0. The van der Waals surface area contributed by atoms with Crippen LogP contribution in [0.3, 0.4) is 0 Å². The van der Waals surface area contributed by atoms with E-state index in [-0.39, 0.29) is 0 Å². The Balaban J connectivity index is 1.11. The SMILES string of the molecule is c1ccc(-c2cc(-c3ccc(-c4ccc5c(c4)C(c4ccccc4)(c4ccccc4)c4cc(-c6cccnc6)ccc4-5)cc3)nc(-c3ccccc3)n2)cc1. The normalized spacial score (nSPS) is 12.5. The maximum absolute atomic E-state index is 5.07. The Morgan fingerprint density at radius 1 is 0.327 bits per heavy atom. The van der Waals surface area contributed by atoms with Crippen LogP contribution >= 0.6 is 0 Å². The number of fused-ring (bicyclic) bond motifs is 3. The Bertz CT molecular complexity index is 2670. The number of nitrogens with zero attached hydrogens (tertiary/aromatic N) is 3. The van der Waals surface area contributed by atoms with Crippen LogP contribution in [0.4, 0.5) is 0 Å². The number of pyridine rings is 1. The maximum atomic E-state index is 5.07. The first-order valence-electron chi connectivity index (χ1n) is 18.7. The van der Waals surface area contributed by atoms with Crippen molar-refractivity contribution in [3.8, 4) is 67.3 Å². The molecule has 0 N–H and O–H groups in total. The Kier molecular flexibility index (Phi) is 8.04. The fraction of sp³-hybridized carbons (Fsp3) is 0.0192. The van der Waals surface area contributed by atoms with Gasteiger partial charge in [-0.3, -0.25) is 4.98 Å². The molecule has 0 saturated heterocycles. The minimum atomic E-state index is -0.524. The molecule has 0 amide bonds. The van der Waals surface area contributed by atoms with Crippen LogP contribution < -0.4 is 0 Å². The molecule has 55 heavy (non-hydrogen) atoms. The van der Waals surface area contributed by atoms with Gasteiger partial charge in [-0.25, -0.2) is 9.97 Å². The molecule has 1 aliphatic carbocycles. The van der Waals surface area contributed by atoms with Crippen molar-refractivity contribution in [2.75, 3.05) is 0 Å². The molecule has 3 nitrogen and oxygen atoms in total. The molecule has 0 atom stereocenters. The average Bonchev–Trinajstić information content (AvgIpc) is 3.57. The quantitative estimate of drug-likeness (QED) is 0.166. The van der Waals surface area contributed by atoms with Crippen LogP contribution in [-0.2, 0) is 5.41 Å². The van der Waals surface area contributed by atoms with Crippen LogP contribution in [-0.4, -0.2) is 15.0 Å². The van der Waals surface area contributed by atoms with Crippen LogP contribution in [0.1, 0.15) is 22.3 Å². The van der Waals surface area contributed by atoms with Crippen molar-refractivity contribution in [1.29, 1.82) is 0 Å². The molecular weight excluding hydrogens is 667 g/mol. The highest BCUT2D eigenvalue weighted by Crippen LogP contribution is 2.57. The monoisotopic (exact) mass is 701 g/mol. The van der Waals surface area contributed by atoms with Gasteiger partial charge < -0.3 is 0 Å². The van der Waals surface area contributed by atoms with Gasteiger partial charge in [-0.2, -0.15) is 0 Å². The van der Waals surface area contributed by atoms with Crippen molar-refractivity contribution in [2.24, 2.45) is 0 Å². The minimum Gasteiger partial charge on any atom is -0.264 e. The van der Waals surface area contributed by atoms with Gasteiger partial charge in [0.15, 0.2) is 5.82 Å². The van der Waals surface area contributed by atoms with Gasteiger partial charge >= 0.3 is 0 Å². The van der Waals surface area contributed by atoms with Crippen molar-refractivity contribution in [1.82, 2.24) is 15.0 Å². The summed E-state index contributed by atoms with van der Waals surface area (Å²) in [6.07, 6.45) is 3.78.